The lowest BCUT2D eigenvalue weighted by Crippen LogP contribution is -2.57. The van der Waals surface area contributed by atoms with Crippen molar-refractivity contribution in [2.45, 2.75) is 37.8 Å². The van der Waals surface area contributed by atoms with Crippen molar-refractivity contribution in [3.05, 3.63) is 30.1 Å². The van der Waals surface area contributed by atoms with Gasteiger partial charge in [0.2, 0.25) is 5.88 Å². The molecule has 22 heavy (non-hydrogen) atoms. The molecule has 0 amide bonds. The van der Waals surface area contributed by atoms with Crippen LogP contribution in [0.4, 0.5) is 10.3 Å². The zero-order valence-electron chi connectivity index (χ0n) is 12.1. The quantitative estimate of drug-likeness (QED) is 0.847. The van der Waals surface area contributed by atoms with Gasteiger partial charge in [0.1, 0.15) is 11.4 Å². The molecular formula is C16H18FN3O2. The Balaban J connectivity index is 1.44. The van der Waals surface area contributed by atoms with Crippen LogP contribution in [0.1, 0.15) is 32.1 Å². The molecule has 3 aliphatic carbocycles. The second-order valence-electron chi connectivity index (χ2n) is 6.72. The van der Waals surface area contributed by atoms with Gasteiger partial charge in [-0.3, -0.25) is 4.84 Å². The first-order valence-electron chi connectivity index (χ1n) is 7.93. The van der Waals surface area contributed by atoms with Crippen molar-refractivity contribution < 1.29 is 13.6 Å². The Hall–Kier alpha value is -1.63. The molecule has 2 bridgehead atoms. The van der Waals surface area contributed by atoms with E-state index in [-0.39, 0.29) is 11.5 Å². The van der Waals surface area contributed by atoms with Gasteiger partial charge in [-0.15, -0.1) is 0 Å². The average molecular weight is 303 g/mol. The second-order valence-corrected chi connectivity index (χ2v) is 6.72. The summed E-state index contributed by atoms with van der Waals surface area (Å²) >= 11 is 0. The molecule has 0 unspecified atom stereocenters. The van der Waals surface area contributed by atoms with Crippen molar-refractivity contribution >= 4 is 16.9 Å². The van der Waals surface area contributed by atoms with Crippen LogP contribution >= 0.6 is 0 Å². The molecule has 2 heterocycles. The lowest BCUT2D eigenvalue weighted by atomic mass is 9.66. The Morgan fingerprint density at radius 2 is 2.05 bits per heavy atom. The van der Waals surface area contributed by atoms with Gasteiger partial charge in [-0.2, -0.15) is 10.5 Å². The van der Waals surface area contributed by atoms with E-state index in [1.807, 2.05) is 6.07 Å². The van der Waals surface area contributed by atoms with Gasteiger partial charge in [0, 0.05) is 17.4 Å². The Morgan fingerprint density at radius 1 is 1.18 bits per heavy atom. The van der Waals surface area contributed by atoms with Gasteiger partial charge in [-0.1, -0.05) is 5.59 Å². The summed E-state index contributed by atoms with van der Waals surface area (Å²) < 4.78 is 19.1. The van der Waals surface area contributed by atoms with Gasteiger partial charge in [0.15, 0.2) is 5.72 Å². The molecule has 2 aromatic rings. The minimum absolute atomic E-state index is 0.264. The zero-order valence-corrected chi connectivity index (χ0v) is 12.1. The molecule has 1 aliphatic heterocycles. The first-order valence-corrected chi connectivity index (χ1v) is 7.93. The van der Waals surface area contributed by atoms with Crippen LogP contribution in [-0.2, 0) is 4.84 Å². The monoisotopic (exact) mass is 303 g/mol. The fourth-order valence-electron chi connectivity index (χ4n) is 4.26. The number of nitrogens with one attached hydrogen (secondary N) is 2. The lowest BCUT2D eigenvalue weighted by molar-refractivity contribution is -0.153. The standard InChI is InChI=1S/C16H18FN3O2/c17-13-5-6-14-11(7-13)8-15(21-14)20-18-16(22-19-20)9-10-1-3-12(16)4-2-10/h5-8,10,12,18-19H,1-4,9H2/t10?,12?,16-/m1/s1. The fraction of sp³-hybridized carbons (Fsp3) is 0.500. The molecule has 3 saturated carbocycles. The Bertz CT molecular complexity index is 725. The predicted octanol–water partition coefficient (Wildman–Crippen LogP) is 3.24. The third-order valence-electron chi connectivity index (χ3n) is 5.40. The molecule has 5 nitrogen and oxygen atoms in total. The number of anilines is 1. The van der Waals surface area contributed by atoms with Crippen LogP contribution in [0.25, 0.3) is 11.0 Å². The number of nitrogens with zero attached hydrogens (tertiary/aromatic N) is 1. The van der Waals surface area contributed by atoms with Gasteiger partial charge in [0.25, 0.3) is 0 Å². The summed E-state index contributed by atoms with van der Waals surface area (Å²) in [6, 6.07) is 6.32. The summed E-state index contributed by atoms with van der Waals surface area (Å²) in [5.74, 6) is 1.58. The highest BCUT2D eigenvalue weighted by atomic mass is 19.1. The molecule has 2 N–H and O–H groups in total. The molecule has 116 valence electrons. The highest BCUT2D eigenvalue weighted by Crippen LogP contribution is 2.49. The second kappa shape index (κ2) is 4.44. The van der Waals surface area contributed by atoms with Crippen molar-refractivity contribution in [2.75, 3.05) is 5.12 Å². The van der Waals surface area contributed by atoms with Gasteiger partial charge in [-0.05, 0) is 56.2 Å². The van der Waals surface area contributed by atoms with Crippen LogP contribution in [0.5, 0.6) is 0 Å². The number of rotatable bonds is 1. The predicted molar refractivity (Wildman–Crippen MR) is 78.8 cm³/mol. The topological polar surface area (TPSA) is 49.7 Å². The molecule has 0 radical (unpaired) electrons. The van der Waals surface area contributed by atoms with E-state index in [1.165, 1.54) is 37.8 Å². The molecule has 1 spiro atoms. The van der Waals surface area contributed by atoms with E-state index < -0.39 is 0 Å². The summed E-state index contributed by atoms with van der Waals surface area (Å²) in [5.41, 5.74) is 6.70. The molecule has 6 heteroatoms. The molecule has 1 saturated heterocycles. The van der Waals surface area contributed by atoms with E-state index in [4.69, 9.17) is 9.25 Å². The number of fused-ring (bicyclic) bond motifs is 3. The van der Waals surface area contributed by atoms with Crippen molar-refractivity contribution in [1.82, 2.24) is 11.0 Å². The molecule has 6 rings (SSSR count). The number of benzene rings is 1. The van der Waals surface area contributed by atoms with Gasteiger partial charge < -0.3 is 4.42 Å². The Labute approximate surface area is 127 Å². The van der Waals surface area contributed by atoms with Crippen LogP contribution in [0.2, 0.25) is 0 Å². The third-order valence-corrected chi connectivity index (χ3v) is 5.40. The van der Waals surface area contributed by atoms with E-state index in [9.17, 15) is 4.39 Å². The Morgan fingerprint density at radius 3 is 2.82 bits per heavy atom. The summed E-state index contributed by atoms with van der Waals surface area (Å²) in [6.45, 7) is 0. The number of hydrogen-bond donors (Lipinski definition) is 2. The van der Waals surface area contributed by atoms with Crippen LogP contribution in [0.15, 0.2) is 28.7 Å². The third kappa shape index (κ3) is 1.81. The van der Waals surface area contributed by atoms with Crippen molar-refractivity contribution in [3.8, 4) is 0 Å². The summed E-state index contributed by atoms with van der Waals surface area (Å²) in [4.78, 5) is 5.93. The van der Waals surface area contributed by atoms with Gasteiger partial charge in [-0.25, -0.2) is 4.39 Å². The first-order chi connectivity index (χ1) is 10.7. The van der Waals surface area contributed by atoms with E-state index in [0.717, 1.165) is 17.7 Å². The first kappa shape index (κ1) is 12.9. The number of hydrazine groups is 2. The molecule has 1 atom stereocenters. The lowest BCUT2D eigenvalue weighted by Gasteiger charge is -2.47. The molecule has 1 aromatic heterocycles. The highest BCUT2D eigenvalue weighted by Gasteiger charge is 2.53. The smallest absolute Gasteiger partial charge is 0.227 e. The largest absolute Gasteiger partial charge is 0.438 e. The van der Waals surface area contributed by atoms with E-state index in [0.29, 0.717) is 17.4 Å². The zero-order chi connectivity index (χ0) is 14.7. The summed E-state index contributed by atoms with van der Waals surface area (Å²) in [6.07, 6.45) is 6.05. The minimum atomic E-state index is -0.328. The van der Waals surface area contributed by atoms with Crippen LogP contribution in [0, 0.1) is 17.7 Å². The summed E-state index contributed by atoms with van der Waals surface area (Å²) in [7, 11) is 0. The van der Waals surface area contributed by atoms with Gasteiger partial charge in [0.05, 0.1) is 0 Å². The number of furan rings is 1. The average Bonchev–Trinajstić information content (AvgIpc) is 3.12. The van der Waals surface area contributed by atoms with Crippen LogP contribution in [-0.4, -0.2) is 5.72 Å². The molecule has 1 aromatic carbocycles. The molecule has 4 aliphatic rings. The van der Waals surface area contributed by atoms with E-state index in [2.05, 4.69) is 11.0 Å². The molecule has 4 fully saturated rings. The van der Waals surface area contributed by atoms with E-state index >= 15 is 0 Å². The van der Waals surface area contributed by atoms with Crippen molar-refractivity contribution in [2.24, 2.45) is 11.8 Å². The maximum atomic E-state index is 13.3. The number of hydrogen-bond acceptors (Lipinski definition) is 5. The maximum Gasteiger partial charge on any atom is 0.227 e. The van der Waals surface area contributed by atoms with Crippen molar-refractivity contribution in [1.29, 1.82) is 0 Å². The van der Waals surface area contributed by atoms with E-state index in [1.54, 1.807) is 11.2 Å². The van der Waals surface area contributed by atoms with Crippen molar-refractivity contribution in [3.63, 3.8) is 0 Å². The number of halogens is 1. The fourth-order valence-corrected chi connectivity index (χ4v) is 4.26. The maximum absolute atomic E-state index is 13.3. The van der Waals surface area contributed by atoms with Gasteiger partial charge >= 0.3 is 0 Å². The normalized spacial score (nSPS) is 34.1. The Kier molecular flexibility index (Phi) is 2.60. The summed E-state index contributed by atoms with van der Waals surface area (Å²) in [5, 5.41) is 2.42. The van der Waals surface area contributed by atoms with Crippen LogP contribution in [0.3, 0.4) is 0 Å². The highest BCUT2D eigenvalue weighted by molar-refractivity contribution is 5.80. The molecular weight excluding hydrogens is 285 g/mol. The van der Waals surface area contributed by atoms with Crippen LogP contribution < -0.4 is 16.1 Å². The SMILES string of the molecule is Fc1ccc2oc(N3NO[C@@]4(CC5CCC4CC5)N3)cc2c1. The minimum Gasteiger partial charge on any atom is -0.438 e.